The molecule has 1 fully saturated rings. The first-order valence-electron chi connectivity index (χ1n) is 7.80. The van der Waals surface area contributed by atoms with Crippen molar-refractivity contribution in [3.05, 3.63) is 24.0 Å². The zero-order chi connectivity index (χ0) is 14.2. The molecule has 1 saturated heterocycles. The van der Waals surface area contributed by atoms with Gasteiger partial charge in [-0.3, -0.25) is 9.78 Å². The second kappa shape index (κ2) is 7.88. The first kappa shape index (κ1) is 14.8. The van der Waals surface area contributed by atoms with Gasteiger partial charge in [-0.2, -0.15) is 0 Å². The second-order valence-corrected chi connectivity index (χ2v) is 5.41. The minimum Gasteiger partial charge on any atom is -0.371 e. The highest BCUT2D eigenvalue weighted by atomic mass is 16.1. The van der Waals surface area contributed by atoms with Gasteiger partial charge in [0.25, 0.3) is 5.91 Å². The van der Waals surface area contributed by atoms with Crippen LogP contribution in [-0.4, -0.2) is 30.5 Å². The minimum atomic E-state index is -0.0556. The molecule has 0 aromatic carbocycles. The van der Waals surface area contributed by atoms with Gasteiger partial charge in [0.05, 0.1) is 0 Å². The molecule has 1 aromatic heterocycles. The highest BCUT2D eigenvalue weighted by Crippen LogP contribution is 2.19. The average molecular weight is 275 g/mol. The normalized spacial score (nSPS) is 15.2. The van der Waals surface area contributed by atoms with E-state index >= 15 is 0 Å². The fourth-order valence-electron chi connectivity index (χ4n) is 2.56. The van der Waals surface area contributed by atoms with E-state index in [9.17, 15) is 4.79 Å². The molecule has 20 heavy (non-hydrogen) atoms. The zero-order valence-corrected chi connectivity index (χ0v) is 12.4. The lowest BCUT2D eigenvalue weighted by Crippen LogP contribution is -2.30. The Morgan fingerprint density at radius 3 is 2.85 bits per heavy atom. The van der Waals surface area contributed by atoms with E-state index < -0.39 is 0 Å². The summed E-state index contributed by atoms with van der Waals surface area (Å²) in [4.78, 5) is 18.6. The molecule has 2 rings (SSSR count). The van der Waals surface area contributed by atoms with Gasteiger partial charge in [0.15, 0.2) is 0 Å². The number of carbonyl (C=O) groups is 1. The first-order valence-corrected chi connectivity index (χ1v) is 7.80. The van der Waals surface area contributed by atoms with Crippen LogP contribution in [0.1, 0.15) is 55.9 Å². The maximum absolute atomic E-state index is 12.1. The van der Waals surface area contributed by atoms with Gasteiger partial charge in [-0.25, -0.2) is 0 Å². The van der Waals surface area contributed by atoms with Crippen molar-refractivity contribution >= 4 is 11.6 Å². The molecule has 1 amide bonds. The summed E-state index contributed by atoms with van der Waals surface area (Å²) < 4.78 is 0. The van der Waals surface area contributed by atoms with Crippen LogP contribution < -0.4 is 10.2 Å². The molecule has 0 atom stereocenters. The number of piperidine rings is 1. The van der Waals surface area contributed by atoms with E-state index in [1.165, 1.54) is 25.7 Å². The summed E-state index contributed by atoms with van der Waals surface area (Å²) in [6.07, 6.45) is 8.88. The maximum Gasteiger partial charge on any atom is 0.269 e. The van der Waals surface area contributed by atoms with Crippen molar-refractivity contribution in [1.29, 1.82) is 0 Å². The van der Waals surface area contributed by atoms with Gasteiger partial charge in [0.1, 0.15) is 5.69 Å². The van der Waals surface area contributed by atoms with Gasteiger partial charge in [-0.1, -0.05) is 19.8 Å². The number of amides is 1. The topological polar surface area (TPSA) is 45.2 Å². The third-order valence-electron chi connectivity index (χ3n) is 3.76. The van der Waals surface area contributed by atoms with E-state index in [4.69, 9.17) is 0 Å². The summed E-state index contributed by atoms with van der Waals surface area (Å²) in [6, 6.07) is 3.92. The van der Waals surface area contributed by atoms with Crippen molar-refractivity contribution in [3.63, 3.8) is 0 Å². The van der Waals surface area contributed by atoms with Crippen molar-refractivity contribution in [2.24, 2.45) is 0 Å². The zero-order valence-electron chi connectivity index (χ0n) is 12.4. The average Bonchev–Trinajstić information content (AvgIpc) is 2.52. The van der Waals surface area contributed by atoms with E-state index in [1.807, 2.05) is 12.1 Å². The number of aromatic nitrogens is 1. The lowest BCUT2D eigenvalue weighted by atomic mass is 10.1. The molecule has 0 bridgehead atoms. The van der Waals surface area contributed by atoms with Gasteiger partial charge in [0.2, 0.25) is 0 Å². The van der Waals surface area contributed by atoms with Crippen LogP contribution in [0.2, 0.25) is 0 Å². The molecule has 1 aliphatic rings. The number of anilines is 1. The molecular formula is C16H25N3O. The third-order valence-corrected chi connectivity index (χ3v) is 3.76. The number of hydrogen-bond donors (Lipinski definition) is 1. The molecule has 0 saturated carbocycles. The number of rotatable bonds is 6. The molecule has 1 N–H and O–H groups in total. The fourth-order valence-corrected chi connectivity index (χ4v) is 2.56. The summed E-state index contributed by atoms with van der Waals surface area (Å²) in [5.41, 5.74) is 1.66. The first-order chi connectivity index (χ1) is 9.81. The van der Waals surface area contributed by atoms with Crippen molar-refractivity contribution in [2.75, 3.05) is 24.5 Å². The van der Waals surface area contributed by atoms with Gasteiger partial charge < -0.3 is 10.2 Å². The van der Waals surface area contributed by atoms with E-state index in [0.29, 0.717) is 5.69 Å². The van der Waals surface area contributed by atoms with Gasteiger partial charge in [-0.15, -0.1) is 0 Å². The Labute approximate surface area is 121 Å². The molecule has 4 nitrogen and oxygen atoms in total. The third kappa shape index (κ3) is 4.22. The quantitative estimate of drug-likeness (QED) is 0.812. The molecule has 0 radical (unpaired) electrons. The van der Waals surface area contributed by atoms with E-state index in [-0.39, 0.29) is 5.91 Å². The van der Waals surface area contributed by atoms with E-state index in [2.05, 4.69) is 22.1 Å². The smallest absolute Gasteiger partial charge is 0.269 e. The van der Waals surface area contributed by atoms with Crippen LogP contribution in [0.25, 0.3) is 0 Å². The number of hydrogen-bond acceptors (Lipinski definition) is 3. The molecule has 110 valence electrons. The van der Waals surface area contributed by atoms with Gasteiger partial charge >= 0.3 is 0 Å². The Morgan fingerprint density at radius 2 is 2.10 bits per heavy atom. The predicted octanol–water partition coefficient (Wildman–Crippen LogP) is 2.99. The van der Waals surface area contributed by atoms with E-state index in [1.54, 1.807) is 6.20 Å². The summed E-state index contributed by atoms with van der Waals surface area (Å²) >= 11 is 0. The molecule has 1 aliphatic heterocycles. The minimum absolute atomic E-state index is 0.0556. The van der Waals surface area contributed by atoms with Crippen LogP contribution in [0.15, 0.2) is 18.3 Å². The predicted molar refractivity (Wildman–Crippen MR) is 82.2 cm³/mol. The van der Waals surface area contributed by atoms with Crippen molar-refractivity contribution in [2.45, 2.75) is 45.4 Å². The fraction of sp³-hybridized carbons (Fsp3) is 0.625. The summed E-state index contributed by atoms with van der Waals surface area (Å²) in [5, 5.41) is 2.94. The second-order valence-electron chi connectivity index (χ2n) is 5.41. The Hall–Kier alpha value is -1.58. The molecule has 0 aliphatic carbocycles. The van der Waals surface area contributed by atoms with Crippen molar-refractivity contribution in [3.8, 4) is 0 Å². The van der Waals surface area contributed by atoms with Crippen LogP contribution in [0.4, 0.5) is 5.69 Å². The monoisotopic (exact) mass is 275 g/mol. The Kier molecular flexibility index (Phi) is 5.84. The molecular weight excluding hydrogens is 250 g/mol. The standard InChI is InChI=1S/C16H25N3O/c1-2-3-5-9-18-16(20)15-13-14(8-10-17-15)19-11-6-4-7-12-19/h8,10,13H,2-7,9,11-12H2,1H3,(H,18,20). The Morgan fingerprint density at radius 1 is 1.30 bits per heavy atom. The van der Waals surface area contributed by atoms with Crippen molar-refractivity contribution in [1.82, 2.24) is 10.3 Å². The molecule has 0 spiro atoms. The van der Waals surface area contributed by atoms with Crippen LogP contribution in [0, 0.1) is 0 Å². The van der Waals surface area contributed by atoms with Crippen LogP contribution in [0.3, 0.4) is 0 Å². The maximum atomic E-state index is 12.1. The lowest BCUT2D eigenvalue weighted by molar-refractivity contribution is 0.0948. The number of nitrogens with one attached hydrogen (secondary N) is 1. The van der Waals surface area contributed by atoms with Crippen molar-refractivity contribution < 1.29 is 4.79 Å². The number of carbonyl (C=O) groups excluding carboxylic acids is 1. The highest BCUT2D eigenvalue weighted by Gasteiger charge is 2.13. The summed E-state index contributed by atoms with van der Waals surface area (Å²) in [5.74, 6) is -0.0556. The van der Waals surface area contributed by atoms with Gasteiger partial charge in [-0.05, 0) is 37.8 Å². The SMILES string of the molecule is CCCCCNC(=O)c1cc(N2CCCCC2)ccn1. The number of pyridine rings is 1. The molecule has 0 unspecified atom stereocenters. The molecule has 4 heteroatoms. The Bertz CT molecular complexity index is 427. The summed E-state index contributed by atoms with van der Waals surface area (Å²) in [6.45, 7) is 5.07. The van der Waals surface area contributed by atoms with Crippen LogP contribution >= 0.6 is 0 Å². The largest absolute Gasteiger partial charge is 0.371 e. The Balaban J connectivity index is 1.92. The van der Waals surface area contributed by atoms with E-state index in [0.717, 1.165) is 38.2 Å². The molecule has 2 heterocycles. The number of nitrogens with zero attached hydrogens (tertiary/aromatic N) is 2. The highest BCUT2D eigenvalue weighted by molar-refractivity contribution is 5.93. The van der Waals surface area contributed by atoms with Gasteiger partial charge in [0, 0.05) is 31.5 Å². The molecule has 1 aromatic rings. The van der Waals surface area contributed by atoms with Crippen LogP contribution in [0.5, 0.6) is 0 Å². The van der Waals surface area contributed by atoms with Crippen LogP contribution in [-0.2, 0) is 0 Å². The summed E-state index contributed by atoms with van der Waals surface area (Å²) in [7, 11) is 0. The number of unbranched alkanes of at least 4 members (excludes halogenated alkanes) is 2. The lowest BCUT2D eigenvalue weighted by Gasteiger charge is -2.28.